The molecule has 0 unspecified atom stereocenters. The second-order valence-corrected chi connectivity index (χ2v) is 6.04. The molecule has 0 radical (unpaired) electrons. The average molecular weight is 324 g/mol. The summed E-state index contributed by atoms with van der Waals surface area (Å²) < 4.78 is 5.61. The first kappa shape index (κ1) is 16.4. The van der Waals surface area contributed by atoms with E-state index in [0.29, 0.717) is 12.2 Å². The number of rotatable bonds is 6. The number of ether oxygens (including phenoxy) is 1. The van der Waals surface area contributed by atoms with Gasteiger partial charge in [-0.3, -0.25) is 4.79 Å². The summed E-state index contributed by atoms with van der Waals surface area (Å²) in [6, 6.07) is 15.3. The summed E-state index contributed by atoms with van der Waals surface area (Å²) >= 11 is 0. The molecule has 2 aromatic rings. The minimum atomic E-state index is -0.108. The van der Waals surface area contributed by atoms with Gasteiger partial charge in [0.05, 0.1) is 18.0 Å². The van der Waals surface area contributed by atoms with Gasteiger partial charge in [0.15, 0.2) is 0 Å². The number of carbonyl (C=O) groups excluding carboxylic acids is 1. The van der Waals surface area contributed by atoms with Crippen LogP contribution in [0.2, 0.25) is 0 Å². The van der Waals surface area contributed by atoms with Crippen molar-refractivity contribution in [2.75, 3.05) is 29.9 Å². The number of para-hydroxylation sites is 2. The molecule has 1 aliphatic heterocycles. The first-order valence-electron chi connectivity index (χ1n) is 8.66. The topological polar surface area (TPSA) is 41.6 Å². The fourth-order valence-electron chi connectivity index (χ4n) is 2.95. The van der Waals surface area contributed by atoms with E-state index in [2.05, 4.69) is 23.2 Å². The molecule has 1 fully saturated rings. The van der Waals surface area contributed by atoms with Crippen molar-refractivity contribution in [3.05, 3.63) is 54.1 Å². The third-order valence-electron chi connectivity index (χ3n) is 4.17. The number of anilines is 2. The summed E-state index contributed by atoms with van der Waals surface area (Å²) in [7, 11) is 0. The van der Waals surface area contributed by atoms with Crippen LogP contribution in [0.25, 0.3) is 0 Å². The monoisotopic (exact) mass is 324 g/mol. The van der Waals surface area contributed by atoms with Crippen LogP contribution < -0.4 is 15.0 Å². The summed E-state index contributed by atoms with van der Waals surface area (Å²) in [6.45, 7) is 4.81. The fourth-order valence-corrected chi connectivity index (χ4v) is 2.95. The molecular formula is C20H24N2O2. The normalized spacial score (nSPS) is 13.8. The zero-order chi connectivity index (χ0) is 16.8. The van der Waals surface area contributed by atoms with Crippen LogP contribution in [0, 0.1) is 0 Å². The maximum absolute atomic E-state index is 12.6. The second-order valence-electron chi connectivity index (χ2n) is 6.04. The van der Waals surface area contributed by atoms with Crippen molar-refractivity contribution in [1.82, 2.24) is 0 Å². The molecule has 1 aliphatic rings. The van der Waals surface area contributed by atoms with Crippen LogP contribution in [-0.4, -0.2) is 25.6 Å². The molecule has 1 amide bonds. The van der Waals surface area contributed by atoms with E-state index in [-0.39, 0.29) is 5.91 Å². The lowest BCUT2D eigenvalue weighted by Crippen LogP contribution is -2.21. The van der Waals surface area contributed by atoms with Crippen molar-refractivity contribution >= 4 is 17.3 Å². The molecule has 3 rings (SSSR count). The molecule has 1 heterocycles. The Balaban J connectivity index is 1.75. The van der Waals surface area contributed by atoms with E-state index in [1.54, 1.807) is 6.07 Å². The largest absolute Gasteiger partial charge is 0.494 e. The zero-order valence-electron chi connectivity index (χ0n) is 14.1. The van der Waals surface area contributed by atoms with E-state index < -0.39 is 0 Å². The van der Waals surface area contributed by atoms with Gasteiger partial charge in [0.25, 0.3) is 5.91 Å². The van der Waals surface area contributed by atoms with E-state index in [4.69, 9.17) is 4.74 Å². The molecule has 0 aromatic heterocycles. The van der Waals surface area contributed by atoms with Gasteiger partial charge in [-0.1, -0.05) is 25.1 Å². The SMILES string of the molecule is CCCOc1cccc(C(=O)Nc2ccccc2N2CCCC2)c1. The smallest absolute Gasteiger partial charge is 0.255 e. The lowest BCUT2D eigenvalue weighted by Gasteiger charge is -2.21. The molecular weight excluding hydrogens is 300 g/mol. The number of carbonyl (C=O) groups is 1. The van der Waals surface area contributed by atoms with E-state index in [9.17, 15) is 4.79 Å². The lowest BCUT2D eigenvalue weighted by atomic mass is 10.2. The number of nitrogens with one attached hydrogen (secondary N) is 1. The van der Waals surface area contributed by atoms with Gasteiger partial charge in [0.2, 0.25) is 0 Å². The van der Waals surface area contributed by atoms with Crippen molar-refractivity contribution in [1.29, 1.82) is 0 Å². The van der Waals surface area contributed by atoms with Gasteiger partial charge in [-0.2, -0.15) is 0 Å². The molecule has 0 saturated carbocycles. The Hall–Kier alpha value is -2.49. The Kier molecular flexibility index (Phi) is 5.36. The molecule has 2 aromatic carbocycles. The average Bonchev–Trinajstić information content (AvgIpc) is 3.15. The first-order chi connectivity index (χ1) is 11.8. The van der Waals surface area contributed by atoms with Crippen molar-refractivity contribution < 1.29 is 9.53 Å². The standard InChI is InChI=1S/C20H24N2O2/c1-2-14-24-17-9-7-8-16(15-17)20(23)21-18-10-3-4-11-19(18)22-12-5-6-13-22/h3-4,7-11,15H,2,5-6,12-14H2,1H3,(H,21,23). The van der Waals surface area contributed by atoms with Crippen molar-refractivity contribution in [3.8, 4) is 5.75 Å². The van der Waals surface area contributed by atoms with Crippen LogP contribution in [0.5, 0.6) is 5.75 Å². The van der Waals surface area contributed by atoms with E-state index in [0.717, 1.165) is 36.6 Å². The summed E-state index contributed by atoms with van der Waals surface area (Å²) in [5.74, 6) is 0.626. The predicted molar refractivity (Wildman–Crippen MR) is 98.1 cm³/mol. The van der Waals surface area contributed by atoms with Crippen LogP contribution >= 0.6 is 0 Å². The summed E-state index contributed by atoms with van der Waals surface area (Å²) in [5, 5.41) is 3.05. The van der Waals surface area contributed by atoms with E-state index in [1.807, 2.05) is 36.4 Å². The summed E-state index contributed by atoms with van der Waals surface area (Å²) in [5.41, 5.74) is 2.57. The Morgan fingerprint density at radius 1 is 1.12 bits per heavy atom. The number of benzene rings is 2. The molecule has 1 N–H and O–H groups in total. The van der Waals surface area contributed by atoms with Crippen LogP contribution in [0.4, 0.5) is 11.4 Å². The molecule has 0 bridgehead atoms. The van der Waals surface area contributed by atoms with Crippen LogP contribution in [-0.2, 0) is 0 Å². The highest BCUT2D eigenvalue weighted by atomic mass is 16.5. The van der Waals surface area contributed by atoms with Crippen LogP contribution in [0.15, 0.2) is 48.5 Å². The fraction of sp³-hybridized carbons (Fsp3) is 0.350. The van der Waals surface area contributed by atoms with Crippen molar-refractivity contribution in [2.24, 2.45) is 0 Å². The summed E-state index contributed by atoms with van der Waals surface area (Å²) in [6.07, 6.45) is 3.36. The minimum Gasteiger partial charge on any atom is -0.494 e. The number of hydrogen-bond donors (Lipinski definition) is 1. The van der Waals surface area contributed by atoms with Gasteiger partial charge in [-0.15, -0.1) is 0 Å². The number of nitrogens with zero attached hydrogens (tertiary/aromatic N) is 1. The highest BCUT2D eigenvalue weighted by molar-refractivity contribution is 6.06. The van der Waals surface area contributed by atoms with E-state index >= 15 is 0 Å². The maximum Gasteiger partial charge on any atom is 0.255 e. The van der Waals surface area contributed by atoms with Gasteiger partial charge >= 0.3 is 0 Å². The van der Waals surface area contributed by atoms with E-state index in [1.165, 1.54) is 12.8 Å². The summed E-state index contributed by atoms with van der Waals surface area (Å²) in [4.78, 5) is 15.0. The van der Waals surface area contributed by atoms with Crippen LogP contribution in [0.3, 0.4) is 0 Å². The van der Waals surface area contributed by atoms with Gasteiger partial charge in [0, 0.05) is 18.7 Å². The van der Waals surface area contributed by atoms with Crippen molar-refractivity contribution in [3.63, 3.8) is 0 Å². The third-order valence-corrected chi connectivity index (χ3v) is 4.17. The van der Waals surface area contributed by atoms with Gasteiger partial charge in [-0.25, -0.2) is 0 Å². The second kappa shape index (κ2) is 7.86. The third kappa shape index (κ3) is 3.88. The molecule has 4 nitrogen and oxygen atoms in total. The number of amides is 1. The molecule has 24 heavy (non-hydrogen) atoms. The van der Waals surface area contributed by atoms with Crippen molar-refractivity contribution in [2.45, 2.75) is 26.2 Å². The van der Waals surface area contributed by atoms with Crippen LogP contribution in [0.1, 0.15) is 36.5 Å². The zero-order valence-corrected chi connectivity index (χ0v) is 14.1. The predicted octanol–water partition coefficient (Wildman–Crippen LogP) is 4.33. The lowest BCUT2D eigenvalue weighted by molar-refractivity contribution is 0.102. The molecule has 0 spiro atoms. The Bertz CT molecular complexity index is 694. The van der Waals surface area contributed by atoms with Gasteiger partial charge in [0.1, 0.15) is 5.75 Å². The highest BCUT2D eigenvalue weighted by Crippen LogP contribution is 2.29. The Morgan fingerprint density at radius 2 is 1.92 bits per heavy atom. The molecule has 0 atom stereocenters. The molecule has 1 saturated heterocycles. The quantitative estimate of drug-likeness (QED) is 0.860. The highest BCUT2D eigenvalue weighted by Gasteiger charge is 2.17. The van der Waals surface area contributed by atoms with Gasteiger partial charge < -0.3 is 15.0 Å². The first-order valence-corrected chi connectivity index (χ1v) is 8.66. The Labute approximate surface area is 143 Å². The molecule has 4 heteroatoms. The molecule has 126 valence electrons. The van der Waals surface area contributed by atoms with Gasteiger partial charge in [-0.05, 0) is 49.6 Å². The molecule has 0 aliphatic carbocycles. The minimum absolute atomic E-state index is 0.108. The maximum atomic E-state index is 12.6. The number of hydrogen-bond acceptors (Lipinski definition) is 3. The Morgan fingerprint density at radius 3 is 2.71 bits per heavy atom.